The summed E-state index contributed by atoms with van der Waals surface area (Å²) in [6.45, 7) is 3.32. The Bertz CT molecular complexity index is 492. The molecule has 1 N–H and O–H groups in total. The topological polar surface area (TPSA) is 65.0 Å². The number of ether oxygens (including phenoxy) is 3. The number of benzene rings is 1. The number of ketones is 1. The largest absolute Gasteiger partial charge is 0.493 e. The van der Waals surface area contributed by atoms with Gasteiger partial charge >= 0.3 is 0 Å². The highest BCUT2D eigenvalue weighted by atomic mass is 16.5. The second kappa shape index (κ2) is 4.17. The Morgan fingerprint density at radius 2 is 1.78 bits per heavy atom. The van der Waals surface area contributed by atoms with Crippen LogP contribution < -0.4 is 14.2 Å². The first-order chi connectivity index (χ1) is 8.40. The molecule has 1 atom stereocenters. The van der Waals surface area contributed by atoms with Crippen LogP contribution in [0.25, 0.3) is 0 Å². The third-order valence-corrected chi connectivity index (χ3v) is 3.03. The van der Waals surface area contributed by atoms with Gasteiger partial charge in [-0.1, -0.05) is 0 Å². The minimum atomic E-state index is -1.19. The van der Waals surface area contributed by atoms with E-state index in [9.17, 15) is 9.90 Å². The van der Waals surface area contributed by atoms with E-state index in [1.807, 2.05) is 0 Å². The number of hydrogen-bond acceptors (Lipinski definition) is 5. The maximum Gasteiger partial charge on any atom is 0.199 e. The third kappa shape index (κ3) is 1.80. The standard InChI is InChI=1S/C13H16O5/c1-13(2)12(15)11(14)7-5-9(16-3)10(17-4)6-8(7)18-13/h5-6,12,15H,1-4H3. The van der Waals surface area contributed by atoms with Crippen LogP contribution in [0.4, 0.5) is 0 Å². The fourth-order valence-electron chi connectivity index (χ4n) is 1.94. The van der Waals surface area contributed by atoms with Gasteiger partial charge in [-0.2, -0.15) is 0 Å². The fraction of sp³-hybridized carbons (Fsp3) is 0.462. The molecule has 5 heteroatoms. The summed E-state index contributed by atoms with van der Waals surface area (Å²) in [5.41, 5.74) is -0.650. The molecule has 0 radical (unpaired) electrons. The molecule has 0 amide bonds. The van der Waals surface area contributed by atoms with Crippen molar-refractivity contribution < 1.29 is 24.1 Å². The Hall–Kier alpha value is -1.75. The van der Waals surface area contributed by atoms with Crippen LogP contribution >= 0.6 is 0 Å². The highest BCUT2D eigenvalue weighted by molar-refractivity contribution is 6.04. The summed E-state index contributed by atoms with van der Waals surface area (Å²) in [6, 6.07) is 3.12. The second-order valence-electron chi connectivity index (χ2n) is 4.68. The van der Waals surface area contributed by atoms with Gasteiger partial charge in [-0.25, -0.2) is 0 Å². The Morgan fingerprint density at radius 1 is 1.22 bits per heavy atom. The van der Waals surface area contributed by atoms with E-state index in [2.05, 4.69) is 0 Å². The molecular formula is C13H16O5. The van der Waals surface area contributed by atoms with Gasteiger partial charge in [0.1, 0.15) is 11.4 Å². The zero-order chi connectivity index (χ0) is 13.5. The number of hydrogen-bond donors (Lipinski definition) is 1. The van der Waals surface area contributed by atoms with E-state index in [-0.39, 0.29) is 5.78 Å². The summed E-state index contributed by atoms with van der Waals surface area (Å²) < 4.78 is 15.9. The van der Waals surface area contributed by atoms with E-state index in [1.165, 1.54) is 20.3 Å². The van der Waals surface area contributed by atoms with Gasteiger partial charge in [0.2, 0.25) is 0 Å². The normalized spacial score (nSPS) is 20.9. The van der Waals surface area contributed by atoms with Gasteiger partial charge < -0.3 is 19.3 Å². The smallest absolute Gasteiger partial charge is 0.199 e. The molecule has 1 aliphatic heterocycles. The molecule has 98 valence electrons. The number of carbonyl (C=O) groups is 1. The monoisotopic (exact) mass is 252 g/mol. The van der Waals surface area contributed by atoms with Gasteiger partial charge in [-0.15, -0.1) is 0 Å². The van der Waals surface area contributed by atoms with Crippen LogP contribution in [0.15, 0.2) is 12.1 Å². The SMILES string of the molecule is COc1cc2c(cc1OC)C(=O)C(O)C(C)(C)O2. The van der Waals surface area contributed by atoms with Gasteiger partial charge in [0.25, 0.3) is 0 Å². The Kier molecular flexibility index (Phi) is 2.94. The second-order valence-corrected chi connectivity index (χ2v) is 4.68. The van der Waals surface area contributed by atoms with Crippen molar-refractivity contribution in [2.24, 2.45) is 0 Å². The molecule has 18 heavy (non-hydrogen) atoms. The molecule has 0 aliphatic carbocycles. The maximum absolute atomic E-state index is 12.1. The van der Waals surface area contributed by atoms with Crippen molar-refractivity contribution >= 4 is 5.78 Å². The molecule has 1 aromatic carbocycles. The first-order valence-electron chi connectivity index (χ1n) is 5.58. The van der Waals surface area contributed by atoms with Gasteiger partial charge in [0.05, 0.1) is 19.8 Å². The van der Waals surface area contributed by atoms with E-state index < -0.39 is 11.7 Å². The predicted octanol–water partition coefficient (Wildman–Crippen LogP) is 1.42. The van der Waals surface area contributed by atoms with Crippen molar-refractivity contribution in [1.82, 2.24) is 0 Å². The summed E-state index contributed by atoms with van der Waals surface area (Å²) in [5, 5.41) is 9.90. The molecule has 0 bridgehead atoms. The quantitative estimate of drug-likeness (QED) is 0.862. The van der Waals surface area contributed by atoms with Gasteiger partial charge in [0.15, 0.2) is 23.4 Å². The molecule has 0 saturated heterocycles. The van der Waals surface area contributed by atoms with Gasteiger partial charge in [-0.3, -0.25) is 4.79 Å². The first kappa shape index (κ1) is 12.7. The predicted molar refractivity (Wildman–Crippen MR) is 64.6 cm³/mol. The number of methoxy groups -OCH3 is 2. The number of fused-ring (bicyclic) bond motifs is 1. The molecule has 0 aromatic heterocycles. The van der Waals surface area contributed by atoms with Crippen LogP contribution in [0.5, 0.6) is 17.2 Å². The van der Waals surface area contributed by atoms with Crippen molar-refractivity contribution in [3.05, 3.63) is 17.7 Å². The minimum Gasteiger partial charge on any atom is -0.493 e. The lowest BCUT2D eigenvalue weighted by Crippen LogP contribution is -2.50. The van der Waals surface area contributed by atoms with Crippen LogP contribution in [0.1, 0.15) is 24.2 Å². The molecule has 0 fully saturated rings. The van der Waals surface area contributed by atoms with E-state index in [1.54, 1.807) is 19.9 Å². The number of Topliss-reactive ketones (excluding diaryl/α,β-unsaturated/α-hetero) is 1. The molecule has 1 aromatic rings. The number of aliphatic hydroxyl groups excluding tert-OH is 1. The lowest BCUT2D eigenvalue weighted by Gasteiger charge is -2.36. The Balaban J connectivity index is 2.58. The fourth-order valence-corrected chi connectivity index (χ4v) is 1.94. The molecule has 1 heterocycles. The van der Waals surface area contributed by atoms with Crippen molar-refractivity contribution in [2.75, 3.05) is 14.2 Å². The zero-order valence-corrected chi connectivity index (χ0v) is 10.8. The summed E-state index contributed by atoms with van der Waals surface area (Å²) in [5.74, 6) is 0.937. The summed E-state index contributed by atoms with van der Waals surface area (Å²) >= 11 is 0. The summed E-state index contributed by atoms with van der Waals surface area (Å²) in [6.07, 6.45) is -1.19. The minimum absolute atomic E-state index is 0.305. The number of aliphatic hydroxyl groups is 1. The molecule has 1 aliphatic rings. The maximum atomic E-state index is 12.1. The van der Waals surface area contributed by atoms with Crippen molar-refractivity contribution in [2.45, 2.75) is 25.6 Å². The van der Waals surface area contributed by atoms with Crippen LogP contribution in [0.2, 0.25) is 0 Å². The zero-order valence-electron chi connectivity index (χ0n) is 10.8. The average Bonchev–Trinajstić information content (AvgIpc) is 2.34. The first-order valence-corrected chi connectivity index (χ1v) is 5.58. The van der Waals surface area contributed by atoms with E-state index in [0.717, 1.165) is 0 Å². The van der Waals surface area contributed by atoms with Crippen molar-refractivity contribution in [1.29, 1.82) is 0 Å². The molecular weight excluding hydrogens is 236 g/mol. The summed E-state index contributed by atoms with van der Waals surface area (Å²) in [4.78, 5) is 12.1. The van der Waals surface area contributed by atoms with E-state index in [4.69, 9.17) is 14.2 Å². The molecule has 5 nitrogen and oxygen atoms in total. The third-order valence-electron chi connectivity index (χ3n) is 3.03. The van der Waals surface area contributed by atoms with Crippen LogP contribution in [-0.2, 0) is 0 Å². The Morgan fingerprint density at radius 3 is 2.33 bits per heavy atom. The lowest BCUT2D eigenvalue weighted by molar-refractivity contribution is -0.0251. The van der Waals surface area contributed by atoms with Crippen LogP contribution in [0.3, 0.4) is 0 Å². The highest BCUT2D eigenvalue weighted by Gasteiger charge is 2.42. The van der Waals surface area contributed by atoms with Crippen LogP contribution in [-0.4, -0.2) is 36.8 Å². The van der Waals surface area contributed by atoms with Gasteiger partial charge in [0, 0.05) is 6.07 Å². The average molecular weight is 252 g/mol. The number of rotatable bonds is 2. The molecule has 0 saturated carbocycles. The van der Waals surface area contributed by atoms with Crippen LogP contribution in [0, 0.1) is 0 Å². The molecule has 0 spiro atoms. The lowest BCUT2D eigenvalue weighted by atomic mass is 9.90. The van der Waals surface area contributed by atoms with Crippen molar-refractivity contribution in [3.8, 4) is 17.2 Å². The molecule has 1 unspecified atom stereocenters. The van der Waals surface area contributed by atoms with Gasteiger partial charge in [-0.05, 0) is 19.9 Å². The number of carbonyl (C=O) groups excluding carboxylic acids is 1. The summed E-state index contributed by atoms with van der Waals surface area (Å²) in [7, 11) is 2.99. The molecule has 2 rings (SSSR count). The van der Waals surface area contributed by atoms with E-state index >= 15 is 0 Å². The van der Waals surface area contributed by atoms with E-state index in [0.29, 0.717) is 22.8 Å². The highest BCUT2D eigenvalue weighted by Crippen LogP contribution is 2.40. The Labute approximate surface area is 105 Å². The van der Waals surface area contributed by atoms with Crippen molar-refractivity contribution in [3.63, 3.8) is 0 Å².